The Kier molecular flexibility index (Phi) is 6.42. The number of aromatic nitrogens is 6. The largest absolute Gasteiger partial charge is 0.373 e. The second-order valence-electron chi connectivity index (χ2n) is 10.9. The minimum absolute atomic E-state index is 0.0110. The van der Waals surface area contributed by atoms with Crippen molar-refractivity contribution in [3.05, 3.63) is 65.5 Å². The third kappa shape index (κ3) is 4.86. The molecule has 5 rings (SSSR count). The minimum Gasteiger partial charge on any atom is -0.373 e. The Labute approximate surface area is 219 Å². The van der Waals surface area contributed by atoms with Crippen molar-refractivity contribution >= 4 is 22.4 Å². The maximum atomic E-state index is 13.7. The van der Waals surface area contributed by atoms with Gasteiger partial charge < -0.3 is 10.6 Å². The molecule has 1 aliphatic carbocycles. The van der Waals surface area contributed by atoms with Crippen LogP contribution in [-0.4, -0.2) is 42.9 Å². The number of aryl methyl sites for hydroxylation is 1. The van der Waals surface area contributed by atoms with Crippen LogP contribution in [0.1, 0.15) is 62.2 Å². The summed E-state index contributed by atoms with van der Waals surface area (Å²) in [6.45, 7) is 8.89. The molecule has 1 atom stereocenters. The van der Waals surface area contributed by atoms with Gasteiger partial charge in [0.15, 0.2) is 0 Å². The normalized spacial score (nSPS) is 15.3. The third-order valence-electron chi connectivity index (χ3n) is 6.75. The summed E-state index contributed by atoms with van der Waals surface area (Å²) in [5.74, 6) is 0.623. The van der Waals surface area contributed by atoms with Gasteiger partial charge in [0.05, 0.1) is 23.3 Å². The van der Waals surface area contributed by atoms with E-state index in [2.05, 4.69) is 62.7 Å². The zero-order chi connectivity index (χ0) is 27.1. The molecule has 0 amide bonds. The van der Waals surface area contributed by atoms with Crippen LogP contribution in [-0.2, 0) is 5.54 Å². The first-order valence-corrected chi connectivity index (χ1v) is 12.4. The highest BCUT2D eigenvalue weighted by molar-refractivity contribution is 5.95. The standard InChI is InChI=1S/C27H29F2N9/c1-16-19(6-5-9-31-16)23(21-13-38(37-36-21)27(7-8-27)25(28)29)35-18-10-17(12-30)22-20(11-18)24(34-15-33-22)32-14-26(2,3)4/h5-6,9-11,13,15,23,25,35H,7-8,14H2,1-4H3,(H,32,33,34)/t23-/m1/s1. The molecule has 2 N–H and O–H groups in total. The number of rotatable bonds is 8. The Hall–Kier alpha value is -4.20. The summed E-state index contributed by atoms with van der Waals surface area (Å²) in [6.07, 6.45) is 2.90. The molecule has 3 aromatic heterocycles. The van der Waals surface area contributed by atoms with Gasteiger partial charge in [-0.05, 0) is 43.4 Å². The van der Waals surface area contributed by atoms with Gasteiger partial charge >= 0.3 is 0 Å². The fraction of sp³-hybridized carbons (Fsp3) is 0.407. The number of nitrogens with zero attached hydrogens (tertiary/aromatic N) is 7. The number of fused-ring (bicyclic) bond motifs is 1. The van der Waals surface area contributed by atoms with Gasteiger partial charge in [-0.3, -0.25) is 4.98 Å². The second kappa shape index (κ2) is 9.59. The molecule has 11 heteroatoms. The first-order chi connectivity index (χ1) is 18.1. The summed E-state index contributed by atoms with van der Waals surface area (Å²) in [6, 6.07) is 9.00. The molecule has 1 fully saturated rings. The van der Waals surface area contributed by atoms with Crippen LogP contribution in [0.15, 0.2) is 43.0 Å². The van der Waals surface area contributed by atoms with E-state index < -0.39 is 18.0 Å². The van der Waals surface area contributed by atoms with Crippen molar-refractivity contribution in [2.75, 3.05) is 17.2 Å². The Morgan fingerprint density at radius 3 is 2.63 bits per heavy atom. The number of hydrogen-bond acceptors (Lipinski definition) is 8. The average Bonchev–Trinajstić information content (AvgIpc) is 3.56. The number of nitriles is 1. The highest BCUT2D eigenvalue weighted by atomic mass is 19.3. The van der Waals surface area contributed by atoms with Crippen molar-refractivity contribution in [3.63, 3.8) is 0 Å². The fourth-order valence-corrected chi connectivity index (χ4v) is 4.41. The minimum atomic E-state index is -2.53. The molecule has 9 nitrogen and oxygen atoms in total. The first-order valence-electron chi connectivity index (χ1n) is 12.4. The zero-order valence-corrected chi connectivity index (χ0v) is 21.7. The van der Waals surface area contributed by atoms with Crippen molar-refractivity contribution in [2.45, 2.75) is 58.5 Å². The lowest BCUT2D eigenvalue weighted by atomic mass is 9.97. The van der Waals surface area contributed by atoms with E-state index >= 15 is 0 Å². The molecule has 0 radical (unpaired) electrons. The van der Waals surface area contributed by atoms with Gasteiger partial charge in [0.2, 0.25) is 0 Å². The number of anilines is 2. The van der Waals surface area contributed by atoms with Gasteiger partial charge in [-0.1, -0.05) is 32.1 Å². The van der Waals surface area contributed by atoms with Gasteiger partial charge in [-0.2, -0.15) is 5.26 Å². The number of hydrogen-bond donors (Lipinski definition) is 2. The van der Waals surface area contributed by atoms with Crippen LogP contribution in [0.25, 0.3) is 10.9 Å². The molecule has 1 aliphatic rings. The Morgan fingerprint density at radius 1 is 1.18 bits per heavy atom. The van der Waals surface area contributed by atoms with Crippen molar-refractivity contribution in [2.24, 2.45) is 5.41 Å². The molecule has 196 valence electrons. The molecule has 1 aromatic carbocycles. The van der Waals surface area contributed by atoms with E-state index in [-0.39, 0.29) is 5.41 Å². The summed E-state index contributed by atoms with van der Waals surface area (Å²) in [5, 5.41) is 25.8. The number of pyridine rings is 1. The van der Waals surface area contributed by atoms with Crippen LogP contribution in [0.5, 0.6) is 0 Å². The summed E-state index contributed by atoms with van der Waals surface area (Å²) in [7, 11) is 0. The molecule has 0 spiro atoms. The lowest BCUT2D eigenvalue weighted by molar-refractivity contribution is 0.0593. The number of alkyl halides is 2. The molecule has 38 heavy (non-hydrogen) atoms. The van der Waals surface area contributed by atoms with Gasteiger partial charge in [0.25, 0.3) is 6.43 Å². The predicted octanol–water partition coefficient (Wildman–Crippen LogP) is 5.21. The summed E-state index contributed by atoms with van der Waals surface area (Å²) in [4.78, 5) is 13.2. The molecule has 0 bridgehead atoms. The number of halogens is 2. The quantitative estimate of drug-likeness (QED) is 0.327. The highest BCUT2D eigenvalue weighted by Crippen LogP contribution is 2.48. The van der Waals surface area contributed by atoms with Crippen LogP contribution < -0.4 is 10.6 Å². The van der Waals surface area contributed by atoms with E-state index in [0.717, 1.165) is 11.3 Å². The van der Waals surface area contributed by atoms with E-state index in [1.807, 2.05) is 25.1 Å². The number of benzene rings is 1. The van der Waals surface area contributed by atoms with Crippen LogP contribution in [0.3, 0.4) is 0 Å². The topological polar surface area (TPSA) is 117 Å². The predicted molar refractivity (Wildman–Crippen MR) is 140 cm³/mol. The van der Waals surface area contributed by atoms with Crippen LogP contribution >= 0.6 is 0 Å². The number of nitrogens with one attached hydrogen (secondary N) is 2. The Bertz CT molecular complexity index is 1510. The molecule has 3 heterocycles. The molecular formula is C27H29F2N9. The lowest BCUT2D eigenvalue weighted by Gasteiger charge is -2.22. The van der Waals surface area contributed by atoms with Gasteiger partial charge in [-0.25, -0.2) is 23.4 Å². The third-order valence-corrected chi connectivity index (χ3v) is 6.75. The summed E-state index contributed by atoms with van der Waals surface area (Å²) in [5.41, 5.74) is 2.31. The maximum Gasteiger partial charge on any atom is 0.263 e. The van der Waals surface area contributed by atoms with Crippen LogP contribution in [0.4, 0.5) is 20.3 Å². The maximum absolute atomic E-state index is 13.7. The average molecular weight is 518 g/mol. The van der Waals surface area contributed by atoms with E-state index in [9.17, 15) is 14.0 Å². The van der Waals surface area contributed by atoms with E-state index in [4.69, 9.17) is 0 Å². The fourth-order valence-electron chi connectivity index (χ4n) is 4.41. The molecule has 0 saturated heterocycles. The van der Waals surface area contributed by atoms with Crippen molar-refractivity contribution in [3.8, 4) is 6.07 Å². The molecular weight excluding hydrogens is 488 g/mol. The Morgan fingerprint density at radius 2 is 1.97 bits per heavy atom. The van der Waals surface area contributed by atoms with E-state index in [1.165, 1.54) is 11.0 Å². The highest BCUT2D eigenvalue weighted by Gasteiger charge is 2.54. The Balaban J connectivity index is 1.58. The van der Waals surface area contributed by atoms with Crippen molar-refractivity contribution < 1.29 is 8.78 Å². The molecule has 4 aromatic rings. The van der Waals surface area contributed by atoms with Gasteiger partial charge in [-0.15, -0.1) is 5.10 Å². The molecule has 0 aliphatic heterocycles. The molecule has 0 unspecified atom stereocenters. The zero-order valence-electron chi connectivity index (χ0n) is 21.7. The second-order valence-corrected chi connectivity index (χ2v) is 10.9. The smallest absolute Gasteiger partial charge is 0.263 e. The summed E-state index contributed by atoms with van der Waals surface area (Å²) < 4.78 is 28.8. The lowest BCUT2D eigenvalue weighted by Crippen LogP contribution is -2.26. The van der Waals surface area contributed by atoms with Crippen molar-refractivity contribution in [1.82, 2.24) is 29.9 Å². The van der Waals surface area contributed by atoms with E-state index in [0.29, 0.717) is 53.1 Å². The summed E-state index contributed by atoms with van der Waals surface area (Å²) >= 11 is 0. The van der Waals surface area contributed by atoms with E-state index in [1.54, 1.807) is 18.5 Å². The van der Waals surface area contributed by atoms with Gasteiger partial charge in [0, 0.05) is 35.1 Å². The van der Waals surface area contributed by atoms with Crippen LogP contribution in [0.2, 0.25) is 0 Å². The van der Waals surface area contributed by atoms with Crippen molar-refractivity contribution in [1.29, 1.82) is 5.26 Å². The SMILES string of the molecule is Cc1ncccc1[C@@H](Nc1cc(C#N)c2ncnc(NCC(C)(C)C)c2c1)c1cn(C2(C(F)F)CC2)nn1. The van der Waals surface area contributed by atoms with Gasteiger partial charge in [0.1, 0.15) is 29.4 Å². The first kappa shape index (κ1) is 25.4. The van der Waals surface area contributed by atoms with Crippen LogP contribution in [0, 0.1) is 23.7 Å². The molecule has 1 saturated carbocycles. The monoisotopic (exact) mass is 517 g/mol.